The monoisotopic (exact) mass is 742 g/mol. The van der Waals surface area contributed by atoms with Crippen molar-refractivity contribution in [2.45, 2.75) is 12.2 Å². The molecule has 2 unspecified atom stereocenters. The van der Waals surface area contributed by atoms with Crippen LogP contribution in [0.15, 0.2) is 72.8 Å². The zero-order chi connectivity index (χ0) is 29.8. The predicted octanol–water partition coefficient (Wildman–Crippen LogP) is 14.4. The fourth-order valence-corrected chi connectivity index (χ4v) is 6.58. The summed E-state index contributed by atoms with van der Waals surface area (Å²) in [6.07, 6.45) is 5.25. The molecule has 11 heteroatoms. The van der Waals surface area contributed by atoms with Crippen LogP contribution in [0.5, 0.6) is 0 Å². The molecule has 0 aromatic heterocycles. The van der Waals surface area contributed by atoms with Crippen molar-refractivity contribution in [1.29, 1.82) is 0 Å². The second-order valence-electron chi connectivity index (χ2n) is 8.48. The SMILES string of the molecule is Clc1c(Cl)c(Cl)c(C(C=Cc2ccccc2)OC(C=Cc2ccccc2)c2c(Cl)c(Cl)c(Cl)c(Cl)c2Cl)c(Cl)c1Cl. The average Bonchev–Trinajstić information content (AvgIpc) is 2.99. The summed E-state index contributed by atoms with van der Waals surface area (Å²) in [6, 6.07) is 19.1. The number of ether oxygens (including phenoxy) is 1. The lowest BCUT2D eigenvalue weighted by Gasteiger charge is -2.26. The molecule has 0 heterocycles. The summed E-state index contributed by atoms with van der Waals surface area (Å²) in [5.41, 5.74) is 2.31. The van der Waals surface area contributed by atoms with Gasteiger partial charge in [-0.3, -0.25) is 0 Å². The van der Waals surface area contributed by atoms with Gasteiger partial charge in [0.2, 0.25) is 0 Å². The molecule has 0 amide bonds. The molecule has 0 fully saturated rings. The highest BCUT2D eigenvalue weighted by molar-refractivity contribution is 6.56. The molecule has 2 atom stereocenters. The van der Waals surface area contributed by atoms with Crippen LogP contribution in [0, 0.1) is 0 Å². The van der Waals surface area contributed by atoms with Crippen LogP contribution in [0.25, 0.3) is 12.2 Å². The van der Waals surface area contributed by atoms with Gasteiger partial charge in [-0.2, -0.15) is 0 Å². The standard InChI is InChI=1S/C30H16Cl10O/c31-21-19(22(32)26(36)29(39)25(21)35)17(13-11-15-7-3-1-4-8-15)41-18(14-12-16-9-5-2-6-10-16)20-23(33)27(37)30(40)28(38)24(20)34/h1-14,17-18H. The molecule has 0 radical (unpaired) electrons. The first kappa shape index (κ1) is 33.1. The number of halogens is 10. The molecule has 0 bridgehead atoms. The van der Waals surface area contributed by atoms with Crippen LogP contribution in [-0.4, -0.2) is 0 Å². The Morgan fingerprint density at radius 3 is 0.951 bits per heavy atom. The Kier molecular flexibility index (Phi) is 12.0. The minimum absolute atomic E-state index is 0.0146. The molecule has 212 valence electrons. The summed E-state index contributed by atoms with van der Waals surface area (Å²) in [4.78, 5) is 0. The summed E-state index contributed by atoms with van der Waals surface area (Å²) < 4.78 is 6.66. The Hall–Kier alpha value is -0.780. The van der Waals surface area contributed by atoms with E-state index >= 15 is 0 Å². The van der Waals surface area contributed by atoms with Crippen molar-refractivity contribution in [3.8, 4) is 0 Å². The van der Waals surface area contributed by atoms with Gasteiger partial charge in [-0.1, -0.05) is 201 Å². The third-order valence-corrected chi connectivity index (χ3v) is 10.5. The highest BCUT2D eigenvalue weighted by atomic mass is 35.5. The third-order valence-electron chi connectivity index (χ3n) is 5.88. The molecule has 0 saturated carbocycles. The van der Waals surface area contributed by atoms with Gasteiger partial charge in [-0.15, -0.1) is 0 Å². The van der Waals surface area contributed by atoms with Gasteiger partial charge in [0.15, 0.2) is 0 Å². The predicted molar refractivity (Wildman–Crippen MR) is 181 cm³/mol. The second-order valence-corrected chi connectivity index (χ2v) is 12.3. The topological polar surface area (TPSA) is 9.23 Å². The Labute approximate surface area is 288 Å². The molecule has 4 rings (SSSR count). The van der Waals surface area contributed by atoms with E-state index in [-0.39, 0.29) is 61.4 Å². The van der Waals surface area contributed by atoms with Crippen LogP contribution >= 0.6 is 116 Å². The fourth-order valence-electron chi connectivity index (χ4n) is 3.85. The molecule has 0 aliphatic carbocycles. The Bertz CT molecular complexity index is 1440. The number of hydrogen-bond acceptors (Lipinski definition) is 1. The first-order valence-corrected chi connectivity index (χ1v) is 15.5. The average molecular weight is 747 g/mol. The molecule has 0 aliphatic heterocycles. The van der Waals surface area contributed by atoms with Gasteiger partial charge < -0.3 is 4.74 Å². The molecule has 0 spiro atoms. The van der Waals surface area contributed by atoms with Crippen LogP contribution in [-0.2, 0) is 4.74 Å². The van der Waals surface area contributed by atoms with Gasteiger partial charge in [0.25, 0.3) is 0 Å². The second kappa shape index (κ2) is 14.8. The maximum Gasteiger partial charge on any atom is 0.105 e. The van der Waals surface area contributed by atoms with E-state index in [1.165, 1.54) is 0 Å². The van der Waals surface area contributed by atoms with E-state index in [1.807, 2.05) is 72.8 Å². The molecule has 0 aliphatic rings. The van der Waals surface area contributed by atoms with Crippen molar-refractivity contribution < 1.29 is 4.74 Å². The maximum absolute atomic E-state index is 6.69. The van der Waals surface area contributed by atoms with Crippen molar-refractivity contribution in [2.75, 3.05) is 0 Å². The lowest BCUT2D eigenvalue weighted by Crippen LogP contribution is -2.11. The van der Waals surface area contributed by atoms with Gasteiger partial charge in [-0.25, -0.2) is 0 Å². The van der Waals surface area contributed by atoms with Gasteiger partial charge in [0.1, 0.15) is 12.2 Å². The van der Waals surface area contributed by atoms with E-state index in [0.29, 0.717) is 0 Å². The molecule has 1 nitrogen and oxygen atoms in total. The van der Waals surface area contributed by atoms with Crippen molar-refractivity contribution in [3.63, 3.8) is 0 Å². The summed E-state index contributed by atoms with van der Waals surface area (Å²) in [5, 5.41) is 0.338. The molecular weight excluding hydrogens is 731 g/mol. The number of benzene rings is 4. The van der Waals surface area contributed by atoms with E-state index in [0.717, 1.165) is 11.1 Å². The molecule has 4 aromatic carbocycles. The Morgan fingerprint density at radius 2 is 0.659 bits per heavy atom. The highest BCUT2D eigenvalue weighted by Crippen LogP contribution is 2.51. The zero-order valence-electron chi connectivity index (χ0n) is 20.4. The van der Waals surface area contributed by atoms with E-state index < -0.39 is 12.2 Å². The lowest BCUT2D eigenvalue weighted by atomic mass is 10.0. The van der Waals surface area contributed by atoms with Gasteiger partial charge in [0, 0.05) is 11.1 Å². The van der Waals surface area contributed by atoms with Crippen LogP contribution in [0.2, 0.25) is 50.2 Å². The molecule has 0 saturated heterocycles. The summed E-state index contributed by atoms with van der Waals surface area (Å²) in [6.45, 7) is 0. The fraction of sp³-hybridized carbons (Fsp3) is 0.0667. The largest absolute Gasteiger partial charge is 0.357 e. The summed E-state index contributed by atoms with van der Waals surface area (Å²) in [5.74, 6) is 0. The molecule has 4 aromatic rings. The molecular formula is C30H16Cl10O. The summed E-state index contributed by atoms with van der Waals surface area (Å²) >= 11 is 65.0. The van der Waals surface area contributed by atoms with Crippen LogP contribution < -0.4 is 0 Å². The van der Waals surface area contributed by atoms with Crippen molar-refractivity contribution in [2.24, 2.45) is 0 Å². The minimum atomic E-state index is -0.951. The summed E-state index contributed by atoms with van der Waals surface area (Å²) in [7, 11) is 0. The zero-order valence-corrected chi connectivity index (χ0v) is 28.0. The van der Waals surface area contributed by atoms with Crippen molar-refractivity contribution in [1.82, 2.24) is 0 Å². The van der Waals surface area contributed by atoms with Crippen molar-refractivity contribution in [3.05, 3.63) is 145 Å². The van der Waals surface area contributed by atoms with E-state index in [1.54, 1.807) is 12.2 Å². The smallest absolute Gasteiger partial charge is 0.105 e. The Morgan fingerprint density at radius 1 is 0.390 bits per heavy atom. The molecule has 0 N–H and O–H groups in total. The van der Waals surface area contributed by atoms with Crippen LogP contribution in [0.1, 0.15) is 34.5 Å². The minimum Gasteiger partial charge on any atom is -0.357 e. The van der Waals surface area contributed by atoms with Crippen LogP contribution in [0.4, 0.5) is 0 Å². The third kappa shape index (κ3) is 7.48. The Balaban J connectivity index is 1.93. The van der Waals surface area contributed by atoms with E-state index in [9.17, 15) is 0 Å². The number of rotatable bonds is 8. The normalized spacial score (nSPS) is 13.3. The van der Waals surface area contributed by atoms with Gasteiger partial charge >= 0.3 is 0 Å². The van der Waals surface area contributed by atoms with Crippen LogP contribution in [0.3, 0.4) is 0 Å². The van der Waals surface area contributed by atoms with Crippen molar-refractivity contribution >= 4 is 128 Å². The molecule has 41 heavy (non-hydrogen) atoms. The van der Waals surface area contributed by atoms with Gasteiger partial charge in [0.05, 0.1) is 50.2 Å². The first-order valence-electron chi connectivity index (χ1n) is 11.7. The van der Waals surface area contributed by atoms with Gasteiger partial charge in [-0.05, 0) is 11.1 Å². The van der Waals surface area contributed by atoms with E-state index in [2.05, 4.69) is 0 Å². The number of hydrogen-bond donors (Lipinski definition) is 0. The quantitative estimate of drug-likeness (QED) is 0.129. The van der Waals surface area contributed by atoms with E-state index in [4.69, 9.17) is 121 Å². The lowest BCUT2D eigenvalue weighted by molar-refractivity contribution is 0.0410. The first-order chi connectivity index (χ1) is 19.5. The highest BCUT2D eigenvalue weighted by Gasteiger charge is 2.30. The maximum atomic E-state index is 6.69.